The van der Waals surface area contributed by atoms with Crippen LogP contribution in [-0.4, -0.2) is 30.6 Å². The summed E-state index contributed by atoms with van der Waals surface area (Å²) in [5.41, 5.74) is -0.381. The smallest absolute Gasteiger partial charge is 0.300 e. The van der Waals surface area contributed by atoms with Gasteiger partial charge in [0, 0.05) is 19.8 Å². The van der Waals surface area contributed by atoms with Crippen molar-refractivity contribution in [2.45, 2.75) is 19.3 Å². The highest BCUT2D eigenvalue weighted by Crippen LogP contribution is 2.29. The molecule has 21 heavy (non-hydrogen) atoms. The molecule has 0 spiro atoms. The predicted octanol–water partition coefficient (Wildman–Crippen LogP) is 2.79. The maximum Gasteiger partial charge on any atom is 0.300 e. The Hall–Kier alpha value is -1.66. The Morgan fingerprint density at radius 3 is 2.90 bits per heavy atom. The van der Waals surface area contributed by atoms with Crippen molar-refractivity contribution in [1.82, 2.24) is 5.32 Å². The van der Waals surface area contributed by atoms with E-state index in [0.29, 0.717) is 25.5 Å². The second-order valence-corrected chi connectivity index (χ2v) is 5.43. The first-order valence-corrected chi connectivity index (χ1v) is 7.26. The second kappa shape index (κ2) is 7.38. The third-order valence-corrected chi connectivity index (χ3v) is 3.52. The van der Waals surface area contributed by atoms with E-state index in [4.69, 9.17) is 16.3 Å². The van der Waals surface area contributed by atoms with Gasteiger partial charge in [0.25, 0.3) is 5.91 Å². The van der Waals surface area contributed by atoms with Crippen LogP contribution in [0.25, 0.3) is 0 Å². The van der Waals surface area contributed by atoms with Crippen LogP contribution >= 0.6 is 11.6 Å². The molecule has 1 fully saturated rings. The molecule has 0 unspecified atom stereocenters. The number of ether oxygens (including phenoxy) is 1. The molecule has 1 amide bonds. The molecule has 1 aliphatic carbocycles. The van der Waals surface area contributed by atoms with Crippen molar-refractivity contribution in [3.63, 3.8) is 0 Å². The first-order valence-electron chi connectivity index (χ1n) is 6.88. The highest BCUT2D eigenvalue weighted by Gasteiger charge is 2.23. The fourth-order valence-electron chi connectivity index (χ4n) is 1.89. The van der Waals surface area contributed by atoms with Crippen LogP contribution in [0, 0.1) is 16.0 Å². The van der Waals surface area contributed by atoms with E-state index in [1.54, 1.807) is 0 Å². The van der Waals surface area contributed by atoms with E-state index < -0.39 is 10.8 Å². The van der Waals surface area contributed by atoms with Gasteiger partial charge in [0.2, 0.25) is 0 Å². The number of carbonyl (C=O) groups is 1. The van der Waals surface area contributed by atoms with Gasteiger partial charge in [-0.05, 0) is 37.3 Å². The zero-order valence-corrected chi connectivity index (χ0v) is 12.3. The zero-order chi connectivity index (χ0) is 15.2. The minimum absolute atomic E-state index is 0.0219. The lowest BCUT2D eigenvalue weighted by atomic mass is 10.1. The molecule has 0 bridgehead atoms. The summed E-state index contributed by atoms with van der Waals surface area (Å²) >= 11 is 5.76. The van der Waals surface area contributed by atoms with E-state index >= 15 is 0 Å². The van der Waals surface area contributed by atoms with Gasteiger partial charge in [-0.15, -0.1) is 0 Å². The van der Waals surface area contributed by atoms with Crippen molar-refractivity contribution < 1.29 is 14.5 Å². The van der Waals surface area contributed by atoms with Crippen LogP contribution in [-0.2, 0) is 4.74 Å². The molecular weight excluding hydrogens is 296 g/mol. The van der Waals surface area contributed by atoms with Gasteiger partial charge >= 0.3 is 5.69 Å². The summed E-state index contributed by atoms with van der Waals surface area (Å²) in [6.07, 6.45) is 3.16. The average molecular weight is 313 g/mol. The van der Waals surface area contributed by atoms with Crippen molar-refractivity contribution in [3.8, 4) is 0 Å². The minimum Gasteiger partial charge on any atom is -0.381 e. The van der Waals surface area contributed by atoms with Gasteiger partial charge in [-0.1, -0.05) is 17.7 Å². The Bertz CT molecular complexity index is 532. The summed E-state index contributed by atoms with van der Waals surface area (Å²) in [5.74, 6) is 0.222. The van der Waals surface area contributed by atoms with E-state index in [1.165, 1.54) is 31.0 Å². The second-order valence-electron chi connectivity index (χ2n) is 5.02. The number of rotatable bonds is 8. The number of para-hydroxylation sites is 1. The van der Waals surface area contributed by atoms with Crippen molar-refractivity contribution in [1.29, 1.82) is 0 Å². The van der Waals surface area contributed by atoms with Gasteiger partial charge in [-0.2, -0.15) is 0 Å². The average Bonchev–Trinajstić information content (AvgIpc) is 3.25. The van der Waals surface area contributed by atoms with Gasteiger partial charge in [0.1, 0.15) is 10.6 Å². The summed E-state index contributed by atoms with van der Waals surface area (Å²) in [6, 6.07) is 4.30. The van der Waals surface area contributed by atoms with Gasteiger partial charge in [0.05, 0.1) is 4.92 Å². The Morgan fingerprint density at radius 1 is 1.48 bits per heavy atom. The van der Waals surface area contributed by atoms with Gasteiger partial charge < -0.3 is 10.1 Å². The minimum atomic E-state index is -0.643. The first kappa shape index (κ1) is 15.7. The van der Waals surface area contributed by atoms with Gasteiger partial charge in [-0.3, -0.25) is 14.9 Å². The Kier molecular flexibility index (Phi) is 5.52. The number of carbonyl (C=O) groups excluding carboxylic acids is 1. The van der Waals surface area contributed by atoms with Crippen LogP contribution in [0.1, 0.15) is 29.6 Å². The van der Waals surface area contributed by atoms with E-state index in [9.17, 15) is 14.9 Å². The van der Waals surface area contributed by atoms with Crippen LogP contribution in [0.15, 0.2) is 18.2 Å². The summed E-state index contributed by atoms with van der Waals surface area (Å²) in [5, 5.41) is 13.6. The monoisotopic (exact) mass is 312 g/mol. The number of amides is 1. The fraction of sp³-hybridized carbons (Fsp3) is 0.500. The van der Waals surface area contributed by atoms with Gasteiger partial charge in [0.15, 0.2) is 0 Å². The summed E-state index contributed by atoms with van der Waals surface area (Å²) in [7, 11) is 0. The van der Waals surface area contributed by atoms with E-state index in [2.05, 4.69) is 5.32 Å². The number of benzene rings is 1. The Balaban J connectivity index is 1.79. The number of nitrogens with zero attached hydrogens (tertiary/aromatic N) is 1. The molecular formula is C14H17ClN2O4. The van der Waals surface area contributed by atoms with Crippen molar-refractivity contribution in [3.05, 3.63) is 38.9 Å². The number of halogens is 1. The molecule has 114 valence electrons. The first-order chi connectivity index (χ1) is 10.1. The third-order valence-electron chi connectivity index (χ3n) is 3.22. The van der Waals surface area contributed by atoms with Crippen molar-refractivity contribution in [2.75, 3.05) is 19.8 Å². The SMILES string of the molecule is O=C(NCCCOCC1CC1)c1cccc(Cl)c1[N+](=O)[O-]. The molecule has 7 heteroatoms. The molecule has 0 aliphatic heterocycles. The third kappa shape index (κ3) is 4.68. The normalized spacial score (nSPS) is 14.0. The topological polar surface area (TPSA) is 81.5 Å². The summed E-state index contributed by atoms with van der Waals surface area (Å²) in [4.78, 5) is 22.3. The van der Waals surface area contributed by atoms with E-state index in [0.717, 1.165) is 6.61 Å². The molecule has 6 nitrogen and oxygen atoms in total. The predicted molar refractivity (Wildman–Crippen MR) is 78.6 cm³/mol. The fourth-order valence-corrected chi connectivity index (χ4v) is 2.13. The number of hydrogen-bond donors (Lipinski definition) is 1. The molecule has 1 aromatic carbocycles. The standard InChI is InChI=1S/C14H17ClN2O4/c15-12-4-1-3-11(13(12)17(19)20)14(18)16-7-2-8-21-9-10-5-6-10/h1,3-4,10H,2,5-9H2,(H,16,18). The lowest BCUT2D eigenvalue weighted by molar-refractivity contribution is -0.385. The quantitative estimate of drug-likeness (QED) is 0.454. The van der Waals surface area contributed by atoms with Crippen molar-refractivity contribution >= 4 is 23.2 Å². The lowest BCUT2D eigenvalue weighted by Crippen LogP contribution is -2.26. The molecule has 0 atom stereocenters. The molecule has 1 saturated carbocycles. The van der Waals surface area contributed by atoms with Gasteiger partial charge in [-0.25, -0.2) is 0 Å². The molecule has 0 heterocycles. The number of nitrogens with one attached hydrogen (secondary N) is 1. The molecule has 2 rings (SSSR count). The van der Waals surface area contributed by atoms with E-state index in [1.807, 2.05) is 0 Å². The highest BCUT2D eigenvalue weighted by atomic mass is 35.5. The van der Waals surface area contributed by atoms with Crippen LogP contribution in [0.3, 0.4) is 0 Å². The van der Waals surface area contributed by atoms with Crippen molar-refractivity contribution in [2.24, 2.45) is 5.92 Å². The van der Waals surface area contributed by atoms with Crippen LogP contribution in [0.4, 0.5) is 5.69 Å². The zero-order valence-electron chi connectivity index (χ0n) is 11.5. The number of nitro benzene ring substituents is 1. The van der Waals surface area contributed by atoms with Crippen LogP contribution in [0.2, 0.25) is 5.02 Å². The highest BCUT2D eigenvalue weighted by molar-refractivity contribution is 6.33. The molecule has 1 aromatic rings. The molecule has 0 saturated heterocycles. The van der Waals surface area contributed by atoms with E-state index in [-0.39, 0.29) is 16.3 Å². The maximum atomic E-state index is 12.0. The molecule has 0 aromatic heterocycles. The maximum absolute atomic E-state index is 12.0. The van der Waals surface area contributed by atoms with Crippen LogP contribution in [0.5, 0.6) is 0 Å². The lowest BCUT2D eigenvalue weighted by Gasteiger charge is -2.07. The largest absolute Gasteiger partial charge is 0.381 e. The summed E-state index contributed by atoms with van der Waals surface area (Å²) in [6.45, 7) is 1.77. The molecule has 1 N–H and O–H groups in total. The summed E-state index contributed by atoms with van der Waals surface area (Å²) < 4.78 is 5.45. The Labute approximate surface area is 127 Å². The number of nitro groups is 1. The molecule has 1 aliphatic rings. The van der Waals surface area contributed by atoms with Crippen LogP contribution < -0.4 is 5.32 Å². The number of hydrogen-bond acceptors (Lipinski definition) is 4. The Morgan fingerprint density at radius 2 is 2.24 bits per heavy atom. The molecule has 0 radical (unpaired) electrons.